The van der Waals surface area contributed by atoms with Crippen molar-refractivity contribution in [2.45, 2.75) is 0 Å². The van der Waals surface area contributed by atoms with Gasteiger partial charge in [0.25, 0.3) is 0 Å². The van der Waals surface area contributed by atoms with E-state index in [1.54, 1.807) is 0 Å². The average molecular weight is 627 g/mol. The third kappa shape index (κ3) is 4.33. The average Bonchev–Trinajstić information content (AvgIpc) is 3.60. The molecule has 228 valence electrons. The Bertz CT molecular complexity index is 3040. The molecule has 0 aliphatic heterocycles. The molecule has 10 aromatic rings. The van der Waals surface area contributed by atoms with E-state index in [2.05, 4.69) is 60.7 Å². The zero-order chi connectivity index (χ0) is 35.8. The molecule has 0 aliphatic carbocycles. The van der Waals surface area contributed by atoms with E-state index in [4.69, 9.17) is 5.79 Å². The molecule has 1 heteroatoms. The summed E-state index contributed by atoms with van der Waals surface area (Å²) in [7, 11) is 0. The van der Waals surface area contributed by atoms with Gasteiger partial charge in [-0.25, -0.2) is 0 Å². The number of furan rings is 1. The van der Waals surface area contributed by atoms with Crippen LogP contribution in [0.1, 0.15) is 5.48 Å². The summed E-state index contributed by atoms with van der Waals surface area (Å²) in [6, 6.07) is 52.6. The Balaban J connectivity index is 1.28. The molecule has 0 fully saturated rings. The lowest BCUT2D eigenvalue weighted by molar-refractivity contribution is 0.671. The maximum Gasteiger partial charge on any atom is 0.143 e. The summed E-state index contributed by atoms with van der Waals surface area (Å²) in [4.78, 5) is 0. The fourth-order valence-electron chi connectivity index (χ4n) is 7.61. The van der Waals surface area contributed by atoms with Crippen molar-refractivity contribution in [3.63, 3.8) is 0 Å². The molecule has 1 aromatic heterocycles. The first-order valence-electron chi connectivity index (χ1n) is 18.5. The highest BCUT2D eigenvalue weighted by atomic mass is 16.3. The molecule has 0 atom stereocenters. The van der Waals surface area contributed by atoms with Crippen LogP contribution >= 0.6 is 0 Å². The Labute approximate surface area is 289 Å². The van der Waals surface area contributed by atoms with Gasteiger partial charge in [-0.1, -0.05) is 176 Å². The van der Waals surface area contributed by atoms with E-state index in [-0.39, 0.29) is 29.7 Å². The highest BCUT2D eigenvalue weighted by Crippen LogP contribution is 2.45. The highest BCUT2D eigenvalue weighted by Gasteiger charge is 2.19. The lowest BCUT2D eigenvalue weighted by Gasteiger charge is -2.18. The summed E-state index contributed by atoms with van der Waals surface area (Å²) in [6.07, 6.45) is 0. The number of para-hydroxylation sites is 2. The number of fused-ring (bicyclic) bond motifs is 6. The van der Waals surface area contributed by atoms with Crippen LogP contribution in [0, 0.1) is 0 Å². The third-order valence-corrected chi connectivity index (χ3v) is 9.74. The Hall–Kier alpha value is -6.44. The first kappa shape index (κ1) is 23.8. The van der Waals surface area contributed by atoms with Crippen LogP contribution < -0.4 is 0 Å². The van der Waals surface area contributed by atoms with Crippen molar-refractivity contribution in [1.82, 2.24) is 0 Å². The van der Waals surface area contributed by atoms with Crippen molar-refractivity contribution < 1.29 is 9.90 Å². The molecule has 0 radical (unpaired) electrons. The minimum atomic E-state index is -0.226. The van der Waals surface area contributed by atoms with Gasteiger partial charge in [0.1, 0.15) is 11.2 Å². The van der Waals surface area contributed by atoms with Gasteiger partial charge < -0.3 is 4.42 Å². The molecular weight excluding hydrogens is 593 g/mol. The number of benzene rings is 9. The van der Waals surface area contributed by atoms with E-state index in [0.29, 0.717) is 16.7 Å². The molecule has 0 bridgehead atoms. The standard InChI is InChI=1S/C48H30O/c1-2-15-32(16-3-1)45-38-21-6-8-23-40(38)46(41-24-9-7-22-39(41)45)34-19-10-18-33(30-34)36-25-12-28-43-44-29-13-27-42(48(44)49-47(36)43)37-26-11-17-31-14-4-5-20-35(31)37/h1-30H/i10D,18D,19D,30D. The van der Waals surface area contributed by atoms with Crippen LogP contribution in [-0.4, -0.2) is 0 Å². The van der Waals surface area contributed by atoms with E-state index in [0.717, 1.165) is 76.5 Å². The van der Waals surface area contributed by atoms with Gasteiger partial charge in [-0.3, -0.25) is 0 Å². The lowest BCUT2D eigenvalue weighted by Crippen LogP contribution is -1.91. The van der Waals surface area contributed by atoms with E-state index < -0.39 is 0 Å². The summed E-state index contributed by atoms with van der Waals surface area (Å²) in [6.45, 7) is 0. The molecule has 0 unspecified atom stereocenters. The molecule has 1 nitrogen and oxygen atoms in total. The second-order valence-electron chi connectivity index (χ2n) is 12.5. The first-order valence-corrected chi connectivity index (χ1v) is 16.5. The topological polar surface area (TPSA) is 13.1 Å². The SMILES string of the molecule is [2H]c1c([2H])c(-c2c3ccccc3c(-c3ccccc3)c3ccccc23)c([2H])c(-c2cccc3c2oc2c(-c4cccc5ccccc45)cccc23)c1[2H]. The molecule has 0 N–H and O–H groups in total. The fraction of sp³-hybridized carbons (Fsp3) is 0. The van der Waals surface area contributed by atoms with Crippen molar-refractivity contribution in [2.24, 2.45) is 0 Å². The maximum atomic E-state index is 9.88. The molecule has 0 saturated heterocycles. The van der Waals surface area contributed by atoms with Gasteiger partial charge in [0.15, 0.2) is 0 Å². The Morgan fingerprint density at radius 1 is 0.347 bits per heavy atom. The van der Waals surface area contributed by atoms with Crippen LogP contribution in [0.15, 0.2) is 186 Å². The molecule has 0 amide bonds. The van der Waals surface area contributed by atoms with Crippen molar-refractivity contribution in [3.8, 4) is 44.5 Å². The van der Waals surface area contributed by atoms with Gasteiger partial charge in [-0.2, -0.15) is 0 Å². The van der Waals surface area contributed by atoms with E-state index in [1.807, 2.05) is 97.1 Å². The Kier molecular flexibility index (Phi) is 5.38. The molecule has 10 rings (SSSR count). The van der Waals surface area contributed by atoms with Crippen molar-refractivity contribution >= 4 is 54.3 Å². The van der Waals surface area contributed by atoms with Crippen LogP contribution in [0.5, 0.6) is 0 Å². The first-order chi connectivity index (χ1) is 26.0. The molecular formula is C48H30O. The van der Waals surface area contributed by atoms with Crippen molar-refractivity contribution in [2.75, 3.05) is 0 Å². The molecule has 9 aromatic carbocycles. The van der Waals surface area contributed by atoms with Gasteiger partial charge in [-0.15, -0.1) is 0 Å². The minimum absolute atomic E-state index is 0.0287. The zero-order valence-corrected chi connectivity index (χ0v) is 26.4. The summed E-state index contributed by atoms with van der Waals surface area (Å²) >= 11 is 0. The van der Waals surface area contributed by atoms with Gasteiger partial charge in [0.05, 0.1) is 5.48 Å². The normalized spacial score (nSPS) is 12.8. The number of hydrogen-bond acceptors (Lipinski definition) is 1. The quantitative estimate of drug-likeness (QED) is 0.177. The molecule has 0 saturated carbocycles. The monoisotopic (exact) mass is 626 g/mol. The maximum absolute atomic E-state index is 9.88. The Morgan fingerprint density at radius 2 is 0.816 bits per heavy atom. The molecule has 1 heterocycles. The van der Waals surface area contributed by atoms with Gasteiger partial charge in [0, 0.05) is 21.9 Å². The second-order valence-corrected chi connectivity index (χ2v) is 12.5. The van der Waals surface area contributed by atoms with E-state index >= 15 is 0 Å². The van der Waals surface area contributed by atoms with Crippen molar-refractivity contribution in [3.05, 3.63) is 182 Å². The predicted octanol–water partition coefficient (Wildman–Crippen LogP) is 13.7. The van der Waals surface area contributed by atoms with Gasteiger partial charge >= 0.3 is 0 Å². The fourth-order valence-corrected chi connectivity index (χ4v) is 7.61. The van der Waals surface area contributed by atoms with Crippen LogP contribution in [0.2, 0.25) is 0 Å². The smallest absolute Gasteiger partial charge is 0.143 e. The second kappa shape index (κ2) is 11.1. The van der Waals surface area contributed by atoms with Crippen LogP contribution in [0.3, 0.4) is 0 Å². The van der Waals surface area contributed by atoms with Gasteiger partial charge in [-0.05, 0) is 71.7 Å². The van der Waals surface area contributed by atoms with Crippen molar-refractivity contribution in [1.29, 1.82) is 0 Å². The molecule has 49 heavy (non-hydrogen) atoms. The van der Waals surface area contributed by atoms with E-state index in [1.165, 1.54) is 0 Å². The summed E-state index contributed by atoms with van der Waals surface area (Å²) in [5, 5.41) is 7.82. The summed E-state index contributed by atoms with van der Waals surface area (Å²) in [5.41, 5.74) is 7.33. The van der Waals surface area contributed by atoms with Crippen LogP contribution in [-0.2, 0) is 0 Å². The summed E-state index contributed by atoms with van der Waals surface area (Å²) < 4.78 is 44.5. The number of hydrogen-bond donors (Lipinski definition) is 0. The largest absolute Gasteiger partial charge is 0.455 e. The number of rotatable bonds is 4. The van der Waals surface area contributed by atoms with Crippen LogP contribution in [0.4, 0.5) is 0 Å². The van der Waals surface area contributed by atoms with E-state index in [9.17, 15) is 4.11 Å². The van der Waals surface area contributed by atoms with Crippen LogP contribution in [0.25, 0.3) is 98.8 Å². The summed E-state index contributed by atoms with van der Waals surface area (Å²) in [5.74, 6) is 0. The third-order valence-electron chi connectivity index (χ3n) is 9.74. The minimum Gasteiger partial charge on any atom is -0.455 e. The zero-order valence-electron chi connectivity index (χ0n) is 30.4. The predicted molar refractivity (Wildman–Crippen MR) is 208 cm³/mol. The molecule has 0 spiro atoms. The Morgan fingerprint density at radius 3 is 1.51 bits per heavy atom. The van der Waals surface area contributed by atoms with Gasteiger partial charge in [0.2, 0.25) is 0 Å². The lowest BCUT2D eigenvalue weighted by atomic mass is 9.85. The highest BCUT2D eigenvalue weighted by molar-refractivity contribution is 6.22. The molecule has 0 aliphatic rings.